The number of amidine groups is 1. The number of esters is 1. The molecule has 1 aromatic heterocycles. The van der Waals surface area contributed by atoms with Gasteiger partial charge in [-0.2, -0.15) is 10.4 Å². The van der Waals surface area contributed by atoms with E-state index in [4.69, 9.17) is 21.0 Å². The molecule has 8 N–H and O–H groups in total. The summed E-state index contributed by atoms with van der Waals surface area (Å²) < 4.78 is 4.09. The van der Waals surface area contributed by atoms with Crippen molar-refractivity contribution in [2.45, 2.75) is 11.8 Å². The molecule has 0 radical (unpaired) electrons. The number of nitrogens with two attached hydrogens (primary N) is 2. The van der Waals surface area contributed by atoms with Crippen LogP contribution < -0.4 is 21.5 Å². The highest BCUT2D eigenvalue weighted by Gasteiger charge is 2.53. The molecular formula is C25H26N7O11S2+. The third-order valence-corrected chi connectivity index (χ3v) is 8.31. The van der Waals surface area contributed by atoms with Crippen molar-refractivity contribution >= 4 is 70.3 Å². The van der Waals surface area contributed by atoms with Gasteiger partial charge < -0.3 is 36.4 Å². The molecular weight excluding hydrogens is 638 g/mol. The number of carboxylic acids is 1. The monoisotopic (exact) mass is 664 g/mol. The number of fused-ring (bicyclic) bond motifs is 1. The molecule has 4 rings (SSSR count). The Kier molecular flexibility index (Phi) is 9.89. The van der Waals surface area contributed by atoms with Gasteiger partial charge in [0.1, 0.15) is 24.8 Å². The van der Waals surface area contributed by atoms with Crippen LogP contribution in [-0.4, -0.2) is 97.5 Å². The molecule has 20 heteroatoms. The maximum Gasteiger partial charge on any atom is 0.377 e. The van der Waals surface area contributed by atoms with Gasteiger partial charge in [0.05, 0.1) is 28.2 Å². The lowest BCUT2D eigenvalue weighted by Gasteiger charge is -2.47. The van der Waals surface area contributed by atoms with Gasteiger partial charge in [-0.15, -0.1) is 23.1 Å². The number of carbonyl (C=O) groups excluding carboxylic acids is 5. The van der Waals surface area contributed by atoms with E-state index >= 15 is 0 Å². The van der Waals surface area contributed by atoms with E-state index in [1.165, 1.54) is 28.7 Å². The van der Waals surface area contributed by atoms with E-state index in [2.05, 4.69) is 15.6 Å². The van der Waals surface area contributed by atoms with Gasteiger partial charge in [-0.05, 0) is 18.2 Å². The van der Waals surface area contributed by atoms with Gasteiger partial charge >= 0.3 is 17.8 Å². The van der Waals surface area contributed by atoms with Crippen molar-refractivity contribution in [3.63, 3.8) is 0 Å². The molecule has 1 aromatic carbocycles. The third kappa shape index (κ3) is 6.97. The average molecular weight is 665 g/mol. The highest BCUT2D eigenvalue weighted by molar-refractivity contribution is 8.00. The molecule has 3 heterocycles. The smallest absolute Gasteiger partial charge is 0.377 e. The maximum atomic E-state index is 14.0. The van der Waals surface area contributed by atoms with Crippen LogP contribution in [0.15, 0.2) is 46.0 Å². The molecule has 2 aromatic rings. The van der Waals surface area contributed by atoms with Crippen LogP contribution in [0.5, 0.6) is 11.5 Å². The maximum absolute atomic E-state index is 14.0. The van der Waals surface area contributed by atoms with Gasteiger partial charge in [0, 0.05) is 11.8 Å². The molecule has 0 aliphatic carbocycles. The van der Waals surface area contributed by atoms with Crippen LogP contribution in [0.25, 0.3) is 0 Å². The number of thiazole rings is 1. The molecule has 0 bridgehead atoms. The van der Waals surface area contributed by atoms with E-state index < -0.39 is 95.0 Å². The largest absolute Gasteiger partial charge is 0.504 e. The van der Waals surface area contributed by atoms with Crippen molar-refractivity contribution in [1.82, 2.24) is 19.9 Å². The van der Waals surface area contributed by atoms with Gasteiger partial charge in [-0.25, -0.2) is 14.4 Å². The van der Waals surface area contributed by atoms with Crippen LogP contribution in [0.2, 0.25) is 0 Å². The number of hydrogen-bond donors (Lipinski definition) is 6. The number of thioether (sulfide) groups is 1. The summed E-state index contributed by atoms with van der Waals surface area (Å²) in [6.45, 7) is -1.75. The average Bonchev–Trinajstić information content (AvgIpc) is 3.55. The topological polar surface area (TPSA) is 274 Å². The molecule has 3 atom stereocenters. The fraction of sp³-hybridized carbons (Fsp3) is 0.280. The standard InChI is InChI=1S/C25H25N7O11S2/c26-20(21(27)37)30-43-5-3-18(35)29-32(17-10-44-11-28-17,24(39)12-1-2-15(33)16(34)7-12)8-19(36)42-9-13-22(38)31-14(25(40)41)4-6-45-23(13)31/h1-2,4,7,10-11,13,23H,3,5-6,8-9H2,(H7-,26,27,29,30,33,34,35,37,39,40,41)/p+1/t13?,23-,32?/m0/s1. The number of aromatic hydroxyl groups is 2. The van der Waals surface area contributed by atoms with Crippen LogP contribution in [0.4, 0.5) is 5.82 Å². The second-order valence-electron chi connectivity index (χ2n) is 9.40. The number of ether oxygens (including phenoxy) is 1. The van der Waals surface area contributed by atoms with Gasteiger partial charge in [0.2, 0.25) is 18.3 Å². The molecule has 45 heavy (non-hydrogen) atoms. The van der Waals surface area contributed by atoms with E-state index in [0.717, 1.165) is 34.4 Å². The van der Waals surface area contributed by atoms with Gasteiger partial charge in [-0.1, -0.05) is 9.75 Å². The lowest BCUT2D eigenvalue weighted by Crippen LogP contribution is -2.68. The molecule has 2 aliphatic rings. The first-order valence-electron chi connectivity index (χ1n) is 12.8. The summed E-state index contributed by atoms with van der Waals surface area (Å²) in [4.78, 5) is 85.6. The second kappa shape index (κ2) is 13.6. The van der Waals surface area contributed by atoms with E-state index in [1.54, 1.807) is 0 Å². The first kappa shape index (κ1) is 32.7. The SMILES string of the molecule is NC(=O)C(N)=NOCCC(=O)N[N+](CC(=O)OCC1C(=O)N2C(C(=O)O)=CCS[C@@H]12)(C(=O)c1ccc(O)c(O)c1)c1cscn1. The zero-order chi connectivity index (χ0) is 32.9. The van der Waals surface area contributed by atoms with Crippen molar-refractivity contribution in [3.8, 4) is 11.5 Å². The number of primary amides is 1. The zero-order valence-corrected chi connectivity index (χ0v) is 24.7. The minimum Gasteiger partial charge on any atom is -0.504 e. The first-order valence-corrected chi connectivity index (χ1v) is 14.8. The Balaban J connectivity index is 1.57. The fourth-order valence-corrected chi connectivity index (χ4v) is 6.14. The number of carbonyl (C=O) groups is 6. The number of oxime groups is 1. The summed E-state index contributed by atoms with van der Waals surface area (Å²) in [5.74, 6) is -8.25. The Hall–Kier alpha value is -5.21. The number of quaternary nitrogens is 1. The Bertz CT molecular complexity index is 1600. The summed E-state index contributed by atoms with van der Waals surface area (Å²) in [6.07, 6.45) is 0.941. The number of aliphatic carboxylic acids is 1. The van der Waals surface area contributed by atoms with Crippen molar-refractivity contribution in [3.05, 3.63) is 46.4 Å². The van der Waals surface area contributed by atoms with Crippen LogP contribution in [0.3, 0.4) is 0 Å². The summed E-state index contributed by atoms with van der Waals surface area (Å²) >= 11 is 2.32. The van der Waals surface area contributed by atoms with Crippen molar-refractivity contribution < 1.29 is 53.7 Å². The number of aromatic nitrogens is 1. The number of nitrogens with one attached hydrogen (secondary N) is 1. The second-order valence-corrected chi connectivity index (χ2v) is 11.3. The number of nitrogens with zero attached hydrogens (tertiary/aromatic N) is 4. The molecule has 0 spiro atoms. The van der Waals surface area contributed by atoms with Gasteiger partial charge in [-0.3, -0.25) is 19.3 Å². The Morgan fingerprint density at radius 1 is 1.18 bits per heavy atom. The first-order chi connectivity index (χ1) is 21.4. The van der Waals surface area contributed by atoms with Crippen LogP contribution in [-0.2, 0) is 33.5 Å². The van der Waals surface area contributed by atoms with Crippen LogP contribution in [0, 0.1) is 5.92 Å². The third-order valence-electron chi connectivity index (χ3n) is 6.50. The number of carboxylic acid groups (broad SMARTS) is 1. The Morgan fingerprint density at radius 2 is 1.93 bits per heavy atom. The number of phenolic OH excluding ortho intramolecular Hbond substituents is 2. The number of benzene rings is 1. The quantitative estimate of drug-likeness (QED) is 0.0244. The molecule has 1 fully saturated rings. The zero-order valence-electron chi connectivity index (χ0n) is 23.0. The summed E-state index contributed by atoms with van der Waals surface area (Å²) in [5, 5.41) is 33.2. The fourth-order valence-electron chi connectivity index (χ4n) is 4.30. The molecule has 2 unspecified atom stereocenters. The minimum absolute atomic E-state index is 0.121. The molecule has 1 saturated heterocycles. The highest BCUT2D eigenvalue weighted by Crippen LogP contribution is 2.41. The number of amides is 4. The van der Waals surface area contributed by atoms with E-state index in [-0.39, 0.29) is 17.1 Å². The molecule has 0 saturated carbocycles. The van der Waals surface area contributed by atoms with Crippen molar-refractivity contribution in [2.24, 2.45) is 22.5 Å². The van der Waals surface area contributed by atoms with E-state index in [0.29, 0.717) is 5.75 Å². The number of rotatable bonds is 11. The molecule has 2 aliphatic heterocycles. The highest BCUT2D eigenvalue weighted by atomic mass is 32.2. The number of hydrogen-bond acceptors (Lipinski definition) is 14. The van der Waals surface area contributed by atoms with Crippen LogP contribution in [0.1, 0.15) is 16.8 Å². The number of β-lactam (4-membered cyclic amide) rings is 1. The minimum atomic E-state index is -1.28. The Morgan fingerprint density at radius 3 is 2.58 bits per heavy atom. The number of phenols is 2. The van der Waals surface area contributed by atoms with E-state index in [1.807, 2.05) is 0 Å². The lowest BCUT2D eigenvalue weighted by molar-refractivity contribution is -0.160. The summed E-state index contributed by atoms with van der Waals surface area (Å²) in [7, 11) is 0. The summed E-state index contributed by atoms with van der Waals surface area (Å²) in [5.41, 5.74) is 13.6. The van der Waals surface area contributed by atoms with Gasteiger partial charge in [0.15, 0.2) is 11.5 Å². The molecule has 18 nitrogen and oxygen atoms in total. The lowest BCUT2D eigenvalue weighted by atomic mass is 9.97. The summed E-state index contributed by atoms with van der Waals surface area (Å²) in [6, 6.07) is 3.10. The van der Waals surface area contributed by atoms with Crippen molar-refractivity contribution in [1.29, 1.82) is 0 Å². The molecule has 4 amide bonds. The predicted octanol–water partition coefficient (Wildman–Crippen LogP) is -1.06. The predicted molar refractivity (Wildman–Crippen MR) is 156 cm³/mol. The van der Waals surface area contributed by atoms with E-state index in [9.17, 15) is 44.1 Å². The van der Waals surface area contributed by atoms with Crippen LogP contribution >= 0.6 is 23.1 Å². The van der Waals surface area contributed by atoms with Gasteiger partial charge in [0.25, 0.3) is 17.6 Å². The molecule has 238 valence electrons. The van der Waals surface area contributed by atoms with Crippen molar-refractivity contribution in [2.75, 3.05) is 25.5 Å². The Labute approximate surface area is 261 Å². The normalized spacial score (nSPS) is 18.8.